The second kappa shape index (κ2) is 10.3. The maximum absolute atomic E-state index is 13.3. The number of nitrogens with zero attached hydrogens (tertiary/aromatic N) is 3. The Kier molecular flexibility index (Phi) is 6.79. The number of methoxy groups -OCH3 is 1. The van der Waals surface area contributed by atoms with Gasteiger partial charge in [-0.1, -0.05) is 72.5 Å². The lowest BCUT2D eigenvalue weighted by atomic mass is 10.1. The zero-order valence-electron chi connectivity index (χ0n) is 19.1. The number of amides is 1. The normalized spacial score (nSPS) is 14.7. The van der Waals surface area contributed by atoms with Gasteiger partial charge in [0.05, 0.1) is 23.4 Å². The Bertz CT molecular complexity index is 1380. The average Bonchev–Trinajstić information content (AvgIpc) is 3.44. The number of thioether (sulfide) groups is 1. The van der Waals surface area contributed by atoms with Crippen LogP contribution < -0.4 is 4.74 Å². The van der Waals surface area contributed by atoms with Crippen LogP contribution in [0.25, 0.3) is 23.0 Å². The van der Waals surface area contributed by atoms with Gasteiger partial charge in [-0.2, -0.15) is 5.10 Å². The fourth-order valence-corrected chi connectivity index (χ4v) is 5.20. The van der Waals surface area contributed by atoms with Gasteiger partial charge >= 0.3 is 0 Å². The maximum atomic E-state index is 13.3. The van der Waals surface area contributed by atoms with Crippen molar-refractivity contribution < 1.29 is 9.53 Å². The Balaban J connectivity index is 1.47. The van der Waals surface area contributed by atoms with Crippen molar-refractivity contribution in [3.05, 3.63) is 107 Å². The van der Waals surface area contributed by atoms with Gasteiger partial charge in [-0.3, -0.25) is 9.69 Å². The Morgan fingerprint density at radius 2 is 1.66 bits per heavy atom. The van der Waals surface area contributed by atoms with Crippen LogP contribution in [0.2, 0.25) is 0 Å². The summed E-state index contributed by atoms with van der Waals surface area (Å²) in [4.78, 5) is 15.5. The summed E-state index contributed by atoms with van der Waals surface area (Å²) >= 11 is 6.89. The Morgan fingerprint density at radius 3 is 2.34 bits per heavy atom. The molecular weight excluding hydrogens is 474 g/mol. The molecule has 0 atom stereocenters. The smallest absolute Gasteiger partial charge is 0.266 e. The van der Waals surface area contributed by atoms with Crippen LogP contribution in [-0.2, 0) is 11.2 Å². The molecule has 5 nitrogen and oxygen atoms in total. The van der Waals surface area contributed by atoms with Crippen LogP contribution in [0, 0.1) is 0 Å². The van der Waals surface area contributed by atoms with Crippen LogP contribution in [0.15, 0.2) is 96.0 Å². The van der Waals surface area contributed by atoms with Gasteiger partial charge in [-0.15, -0.1) is 0 Å². The molecule has 7 heteroatoms. The molecule has 3 aromatic carbocycles. The molecule has 1 fully saturated rings. The number of rotatable bonds is 7. The van der Waals surface area contributed by atoms with Gasteiger partial charge in [0, 0.05) is 23.9 Å². The molecule has 1 aliphatic rings. The van der Waals surface area contributed by atoms with E-state index >= 15 is 0 Å². The summed E-state index contributed by atoms with van der Waals surface area (Å²) in [6.45, 7) is 0.556. The van der Waals surface area contributed by atoms with E-state index in [0.717, 1.165) is 34.7 Å². The van der Waals surface area contributed by atoms with Gasteiger partial charge in [0.1, 0.15) is 10.1 Å². The van der Waals surface area contributed by atoms with E-state index in [0.29, 0.717) is 15.8 Å². The van der Waals surface area contributed by atoms with Crippen molar-refractivity contribution in [3.8, 4) is 22.7 Å². The third-order valence-electron chi connectivity index (χ3n) is 5.75. The average molecular weight is 498 g/mol. The molecule has 1 aromatic heterocycles. The number of hydrogen-bond acceptors (Lipinski definition) is 5. The first kappa shape index (κ1) is 23.1. The molecular formula is C28H23N3O2S2. The molecule has 35 heavy (non-hydrogen) atoms. The highest BCUT2D eigenvalue weighted by atomic mass is 32.2. The summed E-state index contributed by atoms with van der Waals surface area (Å²) < 4.78 is 7.72. The molecule has 5 rings (SSSR count). The molecule has 4 aromatic rings. The number of para-hydroxylation sites is 1. The summed E-state index contributed by atoms with van der Waals surface area (Å²) in [5.41, 5.74) is 4.69. The number of carbonyl (C=O) groups excluding carboxylic acids is 1. The minimum Gasteiger partial charge on any atom is -0.497 e. The highest BCUT2D eigenvalue weighted by Crippen LogP contribution is 2.35. The van der Waals surface area contributed by atoms with Crippen molar-refractivity contribution in [2.45, 2.75) is 6.42 Å². The van der Waals surface area contributed by atoms with Crippen LogP contribution >= 0.6 is 24.0 Å². The second-order valence-corrected chi connectivity index (χ2v) is 9.69. The largest absolute Gasteiger partial charge is 0.497 e. The highest BCUT2D eigenvalue weighted by Gasteiger charge is 2.32. The van der Waals surface area contributed by atoms with Gasteiger partial charge in [0.2, 0.25) is 0 Å². The van der Waals surface area contributed by atoms with Gasteiger partial charge in [-0.05, 0) is 54.5 Å². The number of aromatic nitrogens is 2. The van der Waals surface area contributed by atoms with E-state index in [2.05, 4.69) is 12.1 Å². The molecule has 0 radical (unpaired) electrons. The predicted molar refractivity (Wildman–Crippen MR) is 146 cm³/mol. The van der Waals surface area contributed by atoms with E-state index in [1.165, 1.54) is 17.3 Å². The Morgan fingerprint density at radius 1 is 0.971 bits per heavy atom. The van der Waals surface area contributed by atoms with Crippen LogP contribution in [0.1, 0.15) is 11.1 Å². The van der Waals surface area contributed by atoms with Crippen LogP contribution in [0.4, 0.5) is 0 Å². The molecule has 0 saturated carbocycles. The van der Waals surface area contributed by atoms with Crippen molar-refractivity contribution in [1.29, 1.82) is 0 Å². The summed E-state index contributed by atoms with van der Waals surface area (Å²) in [6.07, 6.45) is 4.60. The molecule has 0 aliphatic carbocycles. The van der Waals surface area contributed by atoms with Crippen molar-refractivity contribution in [1.82, 2.24) is 14.7 Å². The Hall–Kier alpha value is -3.68. The van der Waals surface area contributed by atoms with Crippen molar-refractivity contribution in [2.75, 3.05) is 13.7 Å². The van der Waals surface area contributed by atoms with Crippen LogP contribution in [0.3, 0.4) is 0 Å². The van der Waals surface area contributed by atoms with Crippen molar-refractivity contribution in [2.24, 2.45) is 0 Å². The zero-order valence-corrected chi connectivity index (χ0v) is 20.8. The molecule has 1 saturated heterocycles. The number of thiocarbonyl (C=S) groups is 1. The topological polar surface area (TPSA) is 47.4 Å². The number of ether oxygens (including phenoxy) is 1. The summed E-state index contributed by atoms with van der Waals surface area (Å²) in [5.74, 6) is 0.709. The Labute approximate surface area is 214 Å². The molecule has 0 N–H and O–H groups in total. The minimum atomic E-state index is -0.0657. The molecule has 0 bridgehead atoms. The SMILES string of the molecule is COc1ccc(-c2nn(-c3ccccc3)cc2/C=C2\SC(=S)N(CCc3ccccc3)C2=O)cc1. The fourth-order valence-electron chi connectivity index (χ4n) is 3.90. The lowest BCUT2D eigenvalue weighted by Gasteiger charge is -2.14. The molecule has 1 amide bonds. The summed E-state index contributed by atoms with van der Waals surface area (Å²) in [6, 6.07) is 27.8. The molecule has 0 unspecified atom stereocenters. The number of benzene rings is 3. The molecule has 174 valence electrons. The highest BCUT2D eigenvalue weighted by molar-refractivity contribution is 8.26. The first-order valence-electron chi connectivity index (χ1n) is 11.2. The minimum absolute atomic E-state index is 0.0657. The molecule has 0 spiro atoms. The third kappa shape index (κ3) is 5.06. The number of carbonyl (C=O) groups is 1. The van der Waals surface area contributed by atoms with E-state index < -0.39 is 0 Å². The lowest BCUT2D eigenvalue weighted by Crippen LogP contribution is -2.30. The van der Waals surface area contributed by atoms with E-state index in [1.54, 1.807) is 12.0 Å². The lowest BCUT2D eigenvalue weighted by molar-refractivity contribution is -0.122. The van der Waals surface area contributed by atoms with Gasteiger partial charge in [0.25, 0.3) is 5.91 Å². The first-order chi connectivity index (χ1) is 17.1. The molecule has 1 aliphatic heterocycles. The fraction of sp³-hybridized carbons (Fsp3) is 0.107. The van der Waals surface area contributed by atoms with Crippen LogP contribution in [0.5, 0.6) is 5.75 Å². The van der Waals surface area contributed by atoms with E-state index in [9.17, 15) is 4.79 Å². The monoisotopic (exact) mass is 497 g/mol. The van der Waals surface area contributed by atoms with Crippen molar-refractivity contribution >= 4 is 40.3 Å². The van der Waals surface area contributed by atoms with Crippen LogP contribution in [-0.4, -0.2) is 38.6 Å². The first-order valence-corrected chi connectivity index (χ1v) is 12.4. The van der Waals surface area contributed by atoms with E-state index in [1.807, 2.05) is 89.8 Å². The third-order valence-corrected chi connectivity index (χ3v) is 7.13. The van der Waals surface area contributed by atoms with Gasteiger partial charge in [0.15, 0.2) is 0 Å². The predicted octanol–water partition coefficient (Wildman–Crippen LogP) is 5.99. The second-order valence-electron chi connectivity index (χ2n) is 8.01. The van der Waals surface area contributed by atoms with Gasteiger partial charge in [-0.25, -0.2) is 4.68 Å². The summed E-state index contributed by atoms with van der Waals surface area (Å²) in [7, 11) is 1.64. The quantitative estimate of drug-likeness (QED) is 0.232. The van der Waals surface area contributed by atoms with E-state index in [4.69, 9.17) is 22.1 Å². The standard InChI is InChI=1S/C28H23N3O2S2/c1-33-24-14-12-21(13-15-24)26-22(19-31(29-26)23-10-6-3-7-11-23)18-25-27(32)30(28(34)35-25)17-16-20-8-4-2-5-9-20/h2-15,18-19H,16-17H2,1H3/b25-18-. The summed E-state index contributed by atoms with van der Waals surface area (Å²) in [5, 5.41) is 4.85. The molecule has 2 heterocycles. The number of hydrogen-bond donors (Lipinski definition) is 0. The van der Waals surface area contributed by atoms with Crippen molar-refractivity contribution in [3.63, 3.8) is 0 Å². The maximum Gasteiger partial charge on any atom is 0.266 e. The van der Waals surface area contributed by atoms with Gasteiger partial charge < -0.3 is 4.74 Å². The zero-order chi connectivity index (χ0) is 24.2. The van der Waals surface area contributed by atoms with E-state index in [-0.39, 0.29) is 5.91 Å².